The van der Waals surface area contributed by atoms with Gasteiger partial charge in [0.1, 0.15) is 5.75 Å². The minimum atomic E-state index is -0.160. The molecule has 2 N–H and O–H groups in total. The Morgan fingerprint density at radius 1 is 1.05 bits per heavy atom. The molecule has 0 radical (unpaired) electrons. The highest BCUT2D eigenvalue weighted by Gasteiger charge is 2.35. The van der Waals surface area contributed by atoms with Crippen LogP contribution < -0.4 is 10.5 Å². The Labute approximate surface area is 122 Å². The number of benzene rings is 1. The lowest BCUT2D eigenvalue weighted by molar-refractivity contribution is 0.202. The Morgan fingerprint density at radius 3 is 2.35 bits per heavy atom. The van der Waals surface area contributed by atoms with Crippen LogP contribution in [-0.2, 0) is 5.54 Å². The van der Waals surface area contributed by atoms with E-state index >= 15 is 0 Å². The van der Waals surface area contributed by atoms with Gasteiger partial charge in [0.2, 0.25) is 0 Å². The van der Waals surface area contributed by atoms with Crippen LogP contribution in [0.5, 0.6) is 5.75 Å². The second-order valence-corrected chi connectivity index (χ2v) is 6.77. The molecule has 0 saturated heterocycles. The Balaban J connectivity index is 1.97. The minimum Gasteiger partial charge on any atom is -0.490 e. The van der Waals surface area contributed by atoms with Crippen LogP contribution in [0.3, 0.4) is 0 Å². The summed E-state index contributed by atoms with van der Waals surface area (Å²) in [6.45, 7) is 4.35. The molecule has 0 aliphatic heterocycles. The van der Waals surface area contributed by atoms with Gasteiger partial charge in [0.05, 0.1) is 6.10 Å². The Bertz CT molecular complexity index is 482. The molecule has 110 valence electrons. The van der Waals surface area contributed by atoms with Crippen LogP contribution in [0.25, 0.3) is 0 Å². The fourth-order valence-corrected chi connectivity index (χ4v) is 3.78. The molecule has 2 heteroatoms. The van der Waals surface area contributed by atoms with E-state index in [4.69, 9.17) is 10.5 Å². The third-order valence-electron chi connectivity index (χ3n) is 5.30. The van der Waals surface area contributed by atoms with Gasteiger partial charge in [0, 0.05) is 11.1 Å². The standard InChI is InChI=1S/C18H27NO/c1-13-9-10-16(18(19)11-5-6-12-18)17(14(13)2)20-15-7-3-4-8-15/h9-10,15H,3-8,11-12,19H2,1-2H3. The number of rotatable bonds is 3. The summed E-state index contributed by atoms with van der Waals surface area (Å²) < 4.78 is 6.42. The average molecular weight is 273 g/mol. The molecule has 2 saturated carbocycles. The lowest BCUT2D eigenvalue weighted by Gasteiger charge is -2.29. The minimum absolute atomic E-state index is 0.160. The van der Waals surface area contributed by atoms with E-state index in [1.807, 2.05) is 0 Å². The molecule has 0 heterocycles. The highest BCUT2D eigenvalue weighted by molar-refractivity contribution is 5.49. The number of hydrogen-bond donors (Lipinski definition) is 1. The van der Waals surface area contributed by atoms with Crippen molar-refractivity contribution in [2.45, 2.75) is 76.9 Å². The zero-order chi connectivity index (χ0) is 14.2. The van der Waals surface area contributed by atoms with E-state index in [-0.39, 0.29) is 5.54 Å². The molecule has 0 atom stereocenters. The Hall–Kier alpha value is -1.02. The average Bonchev–Trinajstić information content (AvgIpc) is 3.07. The smallest absolute Gasteiger partial charge is 0.127 e. The highest BCUT2D eigenvalue weighted by atomic mass is 16.5. The summed E-state index contributed by atoms with van der Waals surface area (Å²) in [6.07, 6.45) is 10.1. The van der Waals surface area contributed by atoms with Crippen LogP contribution in [0.1, 0.15) is 68.1 Å². The van der Waals surface area contributed by atoms with Gasteiger partial charge < -0.3 is 10.5 Å². The topological polar surface area (TPSA) is 35.2 Å². The lowest BCUT2D eigenvalue weighted by atomic mass is 9.86. The van der Waals surface area contributed by atoms with Gasteiger partial charge in [-0.05, 0) is 63.5 Å². The number of ether oxygens (including phenoxy) is 1. The number of nitrogens with two attached hydrogens (primary N) is 1. The van der Waals surface area contributed by atoms with Crippen molar-refractivity contribution in [3.8, 4) is 5.75 Å². The first-order chi connectivity index (χ1) is 9.60. The summed E-state index contributed by atoms with van der Waals surface area (Å²) in [5, 5.41) is 0. The number of aryl methyl sites for hydroxylation is 1. The van der Waals surface area contributed by atoms with Crippen LogP contribution in [0.4, 0.5) is 0 Å². The van der Waals surface area contributed by atoms with Crippen LogP contribution in [0, 0.1) is 13.8 Å². The van der Waals surface area contributed by atoms with Crippen LogP contribution in [0.2, 0.25) is 0 Å². The molecule has 2 fully saturated rings. The van der Waals surface area contributed by atoms with Crippen molar-refractivity contribution in [3.05, 3.63) is 28.8 Å². The monoisotopic (exact) mass is 273 g/mol. The first-order valence-corrected chi connectivity index (χ1v) is 8.16. The first kappa shape index (κ1) is 13.9. The van der Waals surface area contributed by atoms with Crippen molar-refractivity contribution in [2.75, 3.05) is 0 Å². The Morgan fingerprint density at radius 2 is 1.70 bits per heavy atom. The van der Waals surface area contributed by atoms with Crippen molar-refractivity contribution in [1.82, 2.24) is 0 Å². The van der Waals surface area contributed by atoms with Gasteiger partial charge in [-0.15, -0.1) is 0 Å². The van der Waals surface area contributed by atoms with E-state index in [1.54, 1.807) is 0 Å². The first-order valence-electron chi connectivity index (χ1n) is 8.16. The molecule has 0 spiro atoms. The van der Waals surface area contributed by atoms with E-state index in [1.165, 1.54) is 55.2 Å². The quantitative estimate of drug-likeness (QED) is 0.888. The number of hydrogen-bond acceptors (Lipinski definition) is 2. The molecule has 3 rings (SSSR count). The molecule has 20 heavy (non-hydrogen) atoms. The van der Waals surface area contributed by atoms with Gasteiger partial charge in [-0.3, -0.25) is 0 Å². The van der Waals surface area contributed by atoms with Crippen molar-refractivity contribution in [3.63, 3.8) is 0 Å². The molecule has 0 unspecified atom stereocenters. The zero-order valence-corrected chi connectivity index (χ0v) is 12.9. The zero-order valence-electron chi connectivity index (χ0n) is 12.9. The van der Waals surface area contributed by atoms with E-state index in [9.17, 15) is 0 Å². The summed E-state index contributed by atoms with van der Waals surface area (Å²) >= 11 is 0. The van der Waals surface area contributed by atoms with Gasteiger partial charge in [-0.2, -0.15) is 0 Å². The molecular weight excluding hydrogens is 246 g/mol. The van der Waals surface area contributed by atoms with Gasteiger partial charge in [-0.25, -0.2) is 0 Å². The molecule has 1 aromatic rings. The van der Waals surface area contributed by atoms with E-state index in [2.05, 4.69) is 26.0 Å². The largest absolute Gasteiger partial charge is 0.490 e. The molecule has 2 aliphatic rings. The molecule has 0 amide bonds. The fraction of sp³-hybridized carbons (Fsp3) is 0.667. The molecule has 0 aromatic heterocycles. The summed E-state index contributed by atoms with van der Waals surface area (Å²) in [4.78, 5) is 0. The van der Waals surface area contributed by atoms with Gasteiger partial charge in [0.15, 0.2) is 0 Å². The second-order valence-electron chi connectivity index (χ2n) is 6.77. The summed E-state index contributed by atoms with van der Waals surface area (Å²) in [7, 11) is 0. The van der Waals surface area contributed by atoms with Gasteiger partial charge >= 0.3 is 0 Å². The van der Waals surface area contributed by atoms with E-state index in [0.717, 1.165) is 18.6 Å². The molecule has 2 aliphatic carbocycles. The molecule has 0 bridgehead atoms. The predicted molar refractivity (Wildman–Crippen MR) is 83.1 cm³/mol. The lowest BCUT2D eigenvalue weighted by Crippen LogP contribution is -2.34. The summed E-state index contributed by atoms with van der Waals surface area (Å²) in [6, 6.07) is 4.43. The maximum Gasteiger partial charge on any atom is 0.127 e. The van der Waals surface area contributed by atoms with Crippen molar-refractivity contribution < 1.29 is 4.74 Å². The van der Waals surface area contributed by atoms with Crippen molar-refractivity contribution in [2.24, 2.45) is 5.73 Å². The van der Waals surface area contributed by atoms with E-state index < -0.39 is 0 Å². The van der Waals surface area contributed by atoms with Gasteiger partial charge in [-0.1, -0.05) is 25.0 Å². The van der Waals surface area contributed by atoms with E-state index in [0.29, 0.717) is 6.10 Å². The Kier molecular flexibility index (Phi) is 3.76. The maximum atomic E-state index is 6.69. The fourth-order valence-electron chi connectivity index (χ4n) is 3.78. The van der Waals surface area contributed by atoms with Crippen molar-refractivity contribution >= 4 is 0 Å². The summed E-state index contributed by atoms with van der Waals surface area (Å²) in [5.74, 6) is 1.10. The van der Waals surface area contributed by atoms with Crippen LogP contribution in [-0.4, -0.2) is 6.10 Å². The highest BCUT2D eigenvalue weighted by Crippen LogP contribution is 2.43. The molecule has 1 aromatic carbocycles. The summed E-state index contributed by atoms with van der Waals surface area (Å²) in [5.41, 5.74) is 10.4. The molecule has 2 nitrogen and oxygen atoms in total. The van der Waals surface area contributed by atoms with Crippen LogP contribution in [0.15, 0.2) is 12.1 Å². The molecular formula is C18H27NO. The predicted octanol–water partition coefficient (Wildman–Crippen LogP) is 4.35. The normalized spacial score (nSPS) is 22.4. The second kappa shape index (κ2) is 5.40. The van der Waals surface area contributed by atoms with Crippen molar-refractivity contribution in [1.29, 1.82) is 0 Å². The third-order valence-corrected chi connectivity index (χ3v) is 5.30. The third kappa shape index (κ3) is 2.46. The SMILES string of the molecule is Cc1ccc(C2(N)CCCC2)c(OC2CCCC2)c1C. The van der Waals surface area contributed by atoms with Gasteiger partial charge in [0.25, 0.3) is 0 Å². The maximum absolute atomic E-state index is 6.69. The van der Waals surface area contributed by atoms with Crippen LogP contribution >= 0.6 is 0 Å².